The van der Waals surface area contributed by atoms with E-state index in [0.29, 0.717) is 43.5 Å². The maximum Gasteiger partial charge on any atom is 0.246 e. The largest absolute Gasteiger partial charge is 0.370 e. The molecule has 3 fully saturated rings. The Hall–Kier alpha value is -8.71. The second-order valence-corrected chi connectivity index (χ2v) is 21.2. The molecule has 3 saturated heterocycles. The molecule has 0 spiro atoms. The van der Waals surface area contributed by atoms with Crippen molar-refractivity contribution in [3.8, 4) is 0 Å². The molecule has 5 rings (SSSR count). The lowest BCUT2D eigenvalue weighted by molar-refractivity contribution is -0.143. The highest BCUT2D eigenvalue weighted by atomic mass is 16.2. The summed E-state index contributed by atoms with van der Waals surface area (Å²) in [6, 6.07) is -12.2. The van der Waals surface area contributed by atoms with E-state index < -0.39 is 151 Å². The van der Waals surface area contributed by atoms with E-state index in [1.54, 1.807) is 13.8 Å². The average Bonchev–Trinajstić information content (AvgIpc) is 4.52. The zero-order valence-electron chi connectivity index (χ0n) is 47.5. The predicted molar refractivity (Wildman–Crippen MR) is 300 cm³/mol. The number of amides is 12. The number of carbonyl (C=O) groups excluding carboxylic acids is 12. The number of rotatable bonds is 20. The molecule has 3 aliphatic rings. The molecule has 12 amide bonds. The number of aliphatic imine (C=N–C) groups is 1. The summed E-state index contributed by atoms with van der Waals surface area (Å²) in [4.78, 5) is 188. The molecule has 32 heteroatoms. The van der Waals surface area contributed by atoms with E-state index in [2.05, 4.69) is 67.5 Å². The average molecular weight is 1180 g/mol. The molecule has 32 nitrogen and oxygen atoms in total. The molecule has 0 aromatic carbocycles. The van der Waals surface area contributed by atoms with E-state index in [9.17, 15) is 57.5 Å². The molecule has 5 heterocycles. The summed E-state index contributed by atoms with van der Waals surface area (Å²) in [6.07, 6.45) is 5.79. The number of H-pyrrole nitrogens is 2. The number of guanidine groups is 1. The second-order valence-electron chi connectivity index (χ2n) is 21.2. The van der Waals surface area contributed by atoms with E-state index in [-0.39, 0.29) is 89.9 Å². The third kappa shape index (κ3) is 20.0. The van der Waals surface area contributed by atoms with Crippen LogP contribution in [0.1, 0.15) is 115 Å². The Morgan fingerprint density at radius 2 is 1.06 bits per heavy atom. The molecule has 20 N–H and O–H groups in total. The fourth-order valence-corrected chi connectivity index (χ4v) is 10.1. The lowest BCUT2D eigenvalue weighted by Crippen LogP contribution is -2.61. The molecule has 0 radical (unpaired) electrons. The van der Waals surface area contributed by atoms with Crippen molar-refractivity contribution in [3.05, 3.63) is 36.4 Å². The molecule has 0 bridgehead atoms. The number of carbonyl (C=O) groups is 12. The van der Waals surface area contributed by atoms with Gasteiger partial charge in [-0.15, -0.1) is 0 Å². The van der Waals surface area contributed by atoms with Gasteiger partial charge in [0.05, 0.1) is 19.2 Å². The van der Waals surface area contributed by atoms with Crippen molar-refractivity contribution in [2.24, 2.45) is 39.6 Å². The normalized spacial score (nSPS) is 25.3. The highest BCUT2D eigenvalue weighted by Gasteiger charge is 2.43. The van der Waals surface area contributed by atoms with Crippen LogP contribution in [0.25, 0.3) is 0 Å². The van der Waals surface area contributed by atoms with Gasteiger partial charge in [0.2, 0.25) is 70.9 Å². The number of nitrogens with two attached hydrogens (primary N) is 5. The minimum atomic E-state index is -1.55. The van der Waals surface area contributed by atoms with Crippen molar-refractivity contribution in [1.29, 1.82) is 0 Å². The number of nitrogens with zero attached hydrogens (tertiary/aromatic N) is 5. The Labute approximate surface area is 485 Å². The summed E-state index contributed by atoms with van der Waals surface area (Å²) >= 11 is 0. The number of primary amides is 2. The number of hydrogen-bond donors (Lipinski definition) is 15. The van der Waals surface area contributed by atoms with Crippen molar-refractivity contribution in [3.63, 3.8) is 0 Å². The van der Waals surface area contributed by atoms with Crippen molar-refractivity contribution in [1.82, 2.24) is 72.3 Å². The lowest BCUT2D eigenvalue weighted by atomic mass is 9.96. The van der Waals surface area contributed by atoms with Crippen LogP contribution in [0.2, 0.25) is 0 Å². The third-order valence-electron chi connectivity index (χ3n) is 14.9. The zero-order chi connectivity index (χ0) is 61.5. The Morgan fingerprint density at radius 1 is 0.583 bits per heavy atom. The number of imidazole rings is 2. The van der Waals surface area contributed by atoms with Crippen molar-refractivity contribution in [2.75, 3.05) is 32.7 Å². The first-order valence-corrected chi connectivity index (χ1v) is 28.4. The highest BCUT2D eigenvalue weighted by molar-refractivity contribution is 6.00. The van der Waals surface area contributed by atoms with Crippen LogP contribution in [0.5, 0.6) is 0 Å². The summed E-state index contributed by atoms with van der Waals surface area (Å²) in [5, 5.41) is 21.1. The standard InChI is InChI=1S/C52H82N20O12/c1-3-28(2)42-49(82)67-34(9-4-5-17-53)50(83)71-19-7-12-38(71)48(81)68-35(21-29-23-58-26-62-29)46(79)65-32(13-15-39(54)73)43(76)61-25-41(75)64-33(14-16-40(55)74)44(77)69-36(22-30-24-59-27-63-30)51(84)72-20-8-11-37(72)47(80)66-31(45(78)70-42)10-6-18-60-52(56)57/h23-24,26-28,31-38,42H,3-22,25,53H2,1-2H3,(H2,54,73)(H2,55,74)(H,58,62)(H,59,63)(H,61,76)(H,64,75)(H,65,79)(H,66,80)(H,67,82)(H,68,81)(H,69,77)(H,70,78)(H4,56,57,60)/t28-,31-,32-,33-,34-,35-,36-,37-,38-,42-/m0/s1. The van der Waals surface area contributed by atoms with Crippen molar-refractivity contribution < 1.29 is 57.5 Å². The monoisotopic (exact) mass is 1180 g/mol. The second kappa shape index (κ2) is 32.8. The highest BCUT2D eigenvalue weighted by Crippen LogP contribution is 2.23. The van der Waals surface area contributed by atoms with Crippen LogP contribution in [0.15, 0.2) is 30.0 Å². The molecule has 0 saturated carbocycles. The fraction of sp³-hybridized carbons (Fsp3) is 0.635. The van der Waals surface area contributed by atoms with Crippen LogP contribution in [-0.2, 0) is 70.4 Å². The van der Waals surface area contributed by atoms with Gasteiger partial charge < -0.3 is 91.0 Å². The number of aromatic amines is 2. The molecular formula is C52H82N20O12. The lowest BCUT2D eigenvalue weighted by Gasteiger charge is -2.32. The number of hydrogen-bond acceptors (Lipinski definition) is 16. The quantitative estimate of drug-likeness (QED) is 0.0334. The van der Waals surface area contributed by atoms with Gasteiger partial charge in [0.1, 0.15) is 54.4 Å². The zero-order valence-corrected chi connectivity index (χ0v) is 47.5. The summed E-state index contributed by atoms with van der Waals surface area (Å²) in [7, 11) is 0. The van der Waals surface area contributed by atoms with Gasteiger partial charge >= 0.3 is 0 Å². The van der Waals surface area contributed by atoms with Gasteiger partial charge in [-0.05, 0) is 83.1 Å². The number of fused-ring (bicyclic) bond motifs is 2. The van der Waals surface area contributed by atoms with Crippen LogP contribution in [-0.4, -0.2) is 194 Å². The van der Waals surface area contributed by atoms with Gasteiger partial charge in [-0.3, -0.25) is 62.5 Å². The third-order valence-corrected chi connectivity index (χ3v) is 14.9. The molecule has 84 heavy (non-hydrogen) atoms. The van der Waals surface area contributed by atoms with Crippen molar-refractivity contribution in [2.45, 2.75) is 171 Å². The SMILES string of the molecule is CC[C@H](C)[C@@H]1NC(=O)[C@H](CCCN=C(N)N)NC(=O)[C@@H]2CCCN2C(=O)[C@H](Cc2cnc[nH]2)NC(=O)[C@H](CCC(N)=O)NC(=O)CNC(=O)[C@H](CCC(N)=O)NC(=O)[C@H](Cc2cnc[nH]2)NC(=O)[C@@H]2CCCN2C(=O)[C@H](CCCCN)NC1=O. The Morgan fingerprint density at radius 3 is 1.60 bits per heavy atom. The topological polar surface area (TPSA) is 507 Å². The molecular weight excluding hydrogens is 1100 g/mol. The molecule has 0 aliphatic carbocycles. The Kier molecular flexibility index (Phi) is 25.8. The summed E-state index contributed by atoms with van der Waals surface area (Å²) in [5.74, 6) is -10.7. The van der Waals surface area contributed by atoms with Crippen LogP contribution < -0.4 is 71.2 Å². The minimum absolute atomic E-state index is 0.0330. The van der Waals surface area contributed by atoms with Gasteiger partial charge in [-0.2, -0.15) is 0 Å². The van der Waals surface area contributed by atoms with Gasteiger partial charge in [-0.25, -0.2) is 9.97 Å². The Bertz CT molecular complexity index is 2650. The van der Waals surface area contributed by atoms with Crippen LogP contribution >= 0.6 is 0 Å². The van der Waals surface area contributed by atoms with Crippen LogP contribution in [0, 0.1) is 5.92 Å². The van der Waals surface area contributed by atoms with E-state index in [0.717, 1.165) is 0 Å². The molecule has 462 valence electrons. The minimum Gasteiger partial charge on any atom is -0.370 e. The summed E-state index contributed by atoms with van der Waals surface area (Å²) in [5.41, 5.74) is 28.6. The first-order chi connectivity index (χ1) is 40.1. The maximum absolute atomic E-state index is 14.8. The summed E-state index contributed by atoms with van der Waals surface area (Å²) < 4.78 is 0. The molecule has 2 aromatic heterocycles. The first-order valence-electron chi connectivity index (χ1n) is 28.4. The van der Waals surface area contributed by atoms with Gasteiger partial charge in [0.15, 0.2) is 5.96 Å². The molecule has 0 unspecified atom stereocenters. The van der Waals surface area contributed by atoms with Crippen molar-refractivity contribution >= 4 is 76.8 Å². The van der Waals surface area contributed by atoms with Gasteiger partial charge in [0.25, 0.3) is 0 Å². The van der Waals surface area contributed by atoms with Gasteiger partial charge in [0, 0.05) is 69.1 Å². The maximum atomic E-state index is 14.8. The molecule has 10 atom stereocenters. The predicted octanol–water partition coefficient (Wildman–Crippen LogP) is -5.82. The van der Waals surface area contributed by atoms with E-state index >= 15 is 0 Å². The summed E-state index contributed by atoms with van der Waals surface area (Å²) in [6.45, 7) is 3.10. The first kappa shape index (κ1) is 66.1. The number of unbranched alkanes of at least 4 members (excludes halogenated alkanes) is 1. The number of nitrogens with one attached hydrogen (secondary N) is 10. The Balaban J connectivity index is 1.57. The number of aromatic nitrogens is 4. The van der Waals surface area contributed by atoms with E-state index in [1.165, 1.54) is 34.8 Å². The van der Waals surface area contributed by atoms with Crippen LogP contribution in [0.4, 0.5) is 0 Å². The van der Waals surface area contributed by atoms with E-state index in [1.807, 2.05) is 0 Å². The fourth-order valence-electron chi connectivity index (χ4n) is 10.1. The van der Waals surface area contributed by atoms with E-state index in [4.69, 9.17) is 28.7 Å². The smallest absolute Gasteiger partial charge is 0.246 e. The van der Waals surface area contributed by atoms with Gasteiger partial charge in [-0.1, -0.05) is 20.3 Å². The molecule has 3 aliphatic heterocycles. The van der Waals surface area contributed by atoms with Crippen LogP contribution in [0.3, 0.4) is 0 Å². The molecule has 2 aromatic rings.